The molecule has 1 aromatic rings. The first-order valence-corrected chi connectivity index (χ1v) is 8.78. The monoisotopic (exact) mass is 363 g/mol. The van der Waals surface area contributed by atoms with Crippen molar-refractivity contribution in [2.45, 2.75) is 25.5 Å². The average Bonchev–Trinajstić information content (AvgIpc) is 2.90. The molecular formula is C18H25N3O5. The molecule has 2 bridgehead atoms. The second-order valence-corrected chi connectivity index (χ2v) is 7.09. The lowest BCUT2D eigenvalue weighted by Crippen LogP contribution is -2.51. The minimum Gasteiger partial charge on any atom is -0.453 e. The highest BCUT2D eigenvalue weighted by molar-refractivity contribution is 5.93. The van der Waals surface area contributed by atoms with Gasteiger partial charge in [0.25, 0.3) is 5.91 Å². The number of hydrogen-bond acceptors (Lipinski definition) is 5. The second kappa shape index (κ2) is 7.49. The maximum absolute atomic E-state index is 12.8. The van der Waals surface area contributed by atoms with Crippen LogP contribution in [0.15, 0.2) is 16.5 Å². The summed E-state index contributed by atoms with van der Waals surface area (Å²) in [5.74, 6) is 0.203. The van der Waals surface area contributed by atoms with E-state index >= 15 is 0 Å². The van der Waals surface area contributed by atoms with E-state index in [2.05, 4.69) is 0 Å². The lowest BCUT2D eigenvalue weighted by molar-refractivity contribution is -0.145. The predicted octanol–water partition coefficient (Wildman–Crippen LogP) is 0.577. The number of ether oxygens (including phenoxy) is 1. The second-order valence-electron chi connectivity index (χ2n) is 7.09. The van der Waals surface area contributed by atoms with Gasteiger partial charge in [0, 0.05) is 40.3 Å². The van der Waals surface area contributed by atoms with E-state index in [4.69, 9.17) is 9.15 Å². The highest BCUT2D eigenvalue weighted by atomic mass is 16.5. The zero-order valence-corrected chi connectivity index (χ0v) is 15.4. The Bertz CT molecular complexity index is 699. The fourth-order valence-electron chi connectivity index (χ4n) is 3.57. The number of nitrogens with zero attached hydrogens (tertiary/aromatic N) is 3. The molecule has 0 N–H and O–H groups in total. The average molecular weight is 363 g/mol. The molecular weight excluding hydrogens is 338 g/mol. The van der Waals surface area contributed by atoms with Crippen molar-refractivity contribution in [3.8, 4) is 0 Å². The highest BCUT2D eigenvalue weighted by Gasteiger charge is 2.43. The fourth-order valence-corrected chi connectivity index (χ4v) is 3.57. The van der Waals surface area contributed by atoms with Crippen molar-refractivity contribution in [3.05, 3.63) is 23.7 Å². The number of piperidine rings is 1. The van der Waals surface area contributed by atoms with Crippen molar-refractivity contribution in [2.24, 2.45) is 5.92 Å². The summed E-state index contributed by atoms with van der Waals surface area (Å²) in [7, 11) is 4.91. The molecule has 2 atom stereocenters. The third-order valence-electron chi connectivity index (χ3n) is 5.04. The molecule has 4 heterocycles. The lowest BCUT2D eigenvalue weighted by atomic mass is 9.94. The van der Waals surface area contributed by atoms with Gasteiger partial charge in [0.05, 0.1) is 5.92 Å². The summed E-state index contributed by atoms with van der Waals surface area (Å²) in [6.45, 7) is 1.15. The number of amides is 3. The van der Waals surface area contributed by atoms with Crippen molar-refractivity contribution in [1.29, 1.82) is 0 Å². The standard InChI is InChI=1S/C18H25N3O5/c1-19(2)16(22)10-21-13-5-4-12(17(21)23)8-20(9-13)18(24)15-7-6-14(26-15)11-25-3/h6-7,12-13H,4-5,8-11H2,1-3H3/t12-,13+/m1/s1. The maximum Gasteiger partial charge on any atom is 0.289 e. The van der Waals surface area contributed by atoms with Gasteiger partial charge in [-0.15, -0.1) is 0 Å². The third kappa shape index (κ3) is 3.60. The quantitative estimate of drug-likeness (QED) is 0.764. The van der Waals surface area contributed by atoms with E-state index in [1.807, 2.05) is 0 Å². The minimum atomic E-state index is -0.263. The predicted molar refractivity (Wildman–Crippen MR) is 92.2 cm³/mol. The summed E-state index contributed by atoms with van der Waals surface area (Å²) in [5.41, 5.74) is 0. The molecule has 1 aromatic heterocycles. The molecule has 0 spiro atoms. The molecule has 3 aliphatic heterocycles. The molecule has 3 saturated heterocycles. The van der Waals surface area contributed by atoms with Gasteiger partial charge in [-0.1, -0.05) is 0 Å². The van der Waals surface area contributed by atoms with Crippen molar-refractivity contribution < 1.29 is 23.5 Å². The van der Waals surface area contributed by atoms with E-state index in [1.165, 1.54) is 4.90 Å². The summed E-state index contributed by atoms with van der Waals surface area (Å²) < 4.78 is 10.6. The van der Waals surface area contributed by atoms with E-state index in [0.29, 0.717) is 25.5 Å². The molecule has 3 aliphatic rings. The summed E-state index contributed by atoms with van der Waals surface area (Å²) in [4.78, 5) is 42.4. The van der Waals surface area contributed by atoms with Crippen molar-refractivity contribution in [2.75, 3.05) is 40.8 Å². The van der Waals surface area contributed by atoms with Gasteiger partial charge in [0.2, 0.25) is 11.8 Å². The van der Waals surface area contributed by atoms with Gasteiger partial charge in [-0.2, -0.15) is 0 Å². The van der Waals surface area contributed by atoms with Gasteiger partial charge in [-0.3, -0.25) is 14.4 Å². The van der Waals surface area contributed by atoms with Crippen LogP contribution in [0.4, 0.5) is 0 Å². The van der Waals surface area contributed by atoms with Gasteiger partial charge < -0.3 is 23.9 Å². The molecule has 0 radical (unpaired) electrons. The molecule has 0 unspecified atom stereocenters. The number of carbonyl (C=O) groups excluding carboxylic acids is 3. The summed E-state index contributed by atoms with van der Waals surface area (Å²) in [6.07, 6.45) is 1.54. The largest absolute Gasteiger partial charge is 0.453 e. The van der Waals surface area contributed by atoms with Gasteiger partial charge in [0.15, 0.2) is 5.76 Å². The SMILES string of the molecule is COCc1ccc(C(=O)N2C[C@H]3CC[C@@H](C2)N(CC(=O)N(C)C)C3=O)o1. The first kappa shape index (κ1) is 18.4. The molecule has 0 aliphatic carbocycles. The Kier molecular flexibility index (Phi) is 5.31. The smallest absolute Gasteiger partial charge is 0.289 e. The number of hydrogen-bond donors (Lipinski definition) is 0. The van der Waals surface area contributed by atoms with Gasteiger partial charge in [0.1, 0.15) is 18.9 Å². The summed E-state index contributed by atoms with van der Waals surface area (Å²) >= 11 is 0. The number of carbonyl (C=O) groups is 3. The lowest BCUT2D eigenvalue weighted by Gasteiger charge is -2.35. The molecule has 8 nitrogen and oxygen atoms in total. The van der Waals surface area contributed by atoms with Crippen molar-refractivity contribution >= 4 is 17.7 Å². The number of furan rings is 1. The zero-order chi connectivity index (χ0) is 18.8. The van der Waals surface area contributed by atoms with Crippen LogP contribution in [0.3, 0.4) is 0 Å². The van der Waals surface area contributed by atoms with Crippen LogP contribution >= 0.6 is 0 Å². The molecule has 26 heavy (non-hydrogen) atoms. The first-order chi connectivity index (χ1) is 12.4. The van der Waals surface area contributed by atoms with Crippen LogP contribution in [0.25, 0.3) is 0 Å². The summed E-state index contributed by atoms with van der Waals surface area (Å²) in [5, 5.41) is 0. The van der Waals surface area contributed by atoms with Crippen LogP contribution in [-0.2, 0) is 20.9 Å². The number of likely N-dealkylation sites (N-methyl/N-ethyl adjacent to an activating group) is 1. The van der Waals surface area contributed by atoms with Crippen LogP contribution in [0.2, 0.25) is 0 Å². The maximum atomic E-state index is 12.8. The molecule has 0 saturated carbocycles. The van der Waals surface area contributed by atoms with E-state index in [1.54, 1.807) is 43.1 Å². The van der Waals surface area contributed by atoms with E-state index in [-0.39, 0.29) is 42.0 Å². The first-order valence-electron chi connectivity index (χ1n) is 8.78. The Labute approximate surface area is 152 Å². The Morgan fingerprint density at radius 1 is 1.27 bits per heavy atom. The van der Waals surface area contributed by atoms with Gasteiger partial charge >= 0.3 is 0 Å². The van der Waals surface area contributed by atoms with Crippen molar-refractivity contribution in [1.82, 2.24) is 14.7 Å². The van der Waals surface area contributed by atoms with Crippen LogP contribution < -0.4 is 0 Å². The molecule has 3 fully saturated rings. The molecule has 142 valence electrons. The Balaban J connectivity index is 1.75. The molecule has 3 amide bonds. The third-order valence-corrected chi connectivity index (χ3v) is 5.04. The summed E-state index contributed by atoms with van der Waals surface area (Å²) in [6, 6.07) is 3.22. The Morgan fingerprint density at radius 3 is 2.73 bits per heavy atom. The molecule has 4 rings (SSSR count). The topological polar surface area (TPSA) is 83.3 Å². The van der Waals surface area contributed by atoms with E-state index in [0.717, 1.165) is 12.8 Å². The fraction of sp³-hybridized carbons (Fsp3) is 0.611. The van der Waals surface area contributed by atoms with Crippen LogP contribution in [0, 0.1) is 5.92 Å². The number of methoxy groups -OCH3 is 1. The van der Waals surface area contributed by atoms with Gasteiger partial charge in [-0.25, -0.2) is 0 Å². The van der Waals surface area contributed by atoms with Crippen LogP contribution in [-0.4, -0.2) is 79.3 Å². The zero-order valence-electron chi connectivity index (χ0n) is 15.4. The van der Waals surface area contributed by atoms with E-state index in [9.17, 15) is 14.4 Å². The normalized spacial score (nSPS) is 22.5. The van der Waals surface area contributed by atoms with Crippen molar-refractivity contribution in [3.63, 3.8) is 0 Å². The van der Waals surface area contributed by atoms with Gasteiger partial charge in [-0.05, 0) is 25.0 Å². The highest BCUT2D eigenvalue weighted by Crippen LogP contribution is 2.30. The molecule has 0 aromatic carbocycles. The van der Waals surface area contributed by atoms with Crippen LogP contribution in [0.1, 0.15) is 29.2 Å². The molecule has 8 heteroatoms. The Hall–Kier alpha value is -2.35. The Morgan fingerprint density at radius 2 is 2.04 bits per heavy atom. The van der Waals surface area contributed by atoms with E-state index < -0.39 is 0 Å². The number of fused-ring (bicyclic) bond motifs is 4. The van der Waals surface area contributed by atoms with Crippen LogP contribution in [0.5, 0.6) is 0 Å². The minimum absolute atomic E-state index is 0.0359. The number of rotatable bonds is 5.